The molecule has 0 aliphatic heterocycles. The first-order valence-electron chi connectivity index (χ1n) is 8.41. The van der Waals surface area contributed by atoms with Gasteiger partial charge in [0, 0.05) is 13.1 Å². The fourth-order valence-electron chi connectivity index (χ4n) is 2.45. The number of benzene rings is 1. The Hall–Kier alpha value is -4.05. The molecule has 10 heteroatoms. The van der Waals surface area contributed by atoms with Crippen molar-refractivity contribution in [3.05, 3.63) is 36.2 Å². The van der Waals surface area contributed by atoms with Crippen LogP contribution in [-0.2, 0) is 0 Å². The molecule has 1 amide bonds. The Morgan fingerprint density at radius 1 is 1.21 bits per heavy atom. The second kappa shape index (κ2) is 10.2. The van der Waals surface area contributed by atoms with Gasteiger partial charge in [0.1, 0.15) is 17.8 Å². The van der Waals surface area contributed by atoms with E-state index < -0.39 is 5.91 Å². The van der Waals surface area contributed by atoms with Gasteiger partial charge in [0.05, 0.1) is 37.7 Å². The van der Waals surface area contributed by atoms with Gasteiger partial charge in [0.25, 0.3) is 5.91 Å². The number of carbonyl (C=O) groups excluding carboxylic acids is 1. The number of aromatic nitrogens is 2. The van der Waals surface area contributed by atoms with Gasteiger partial charge in [0.15, 0.2) is 11.6 Å². The van der Waals surface area contributed by atoms with E-state index in [1.54, 1.807) is 29.2 Å². The molecule has 0 atom stereocenters. The number of hydrogen-bond donors (Lipinski definition) is 3. The number of methoxy groups -OCH3 is 1. The highest BCUT2D eigenvalue weighted by Crippen LogP contribution is 2.26. The SMILES string of the molecule is COc1ccccc1C(=O)NNc1ncnc(N(CCC#N)CCC#N)c1N. The van der Waals surface area contributed by atoms with Gasteiger partial charge in [-0.3, -0.25) is 15.6 Å². The number of anilines is 3. The molecule has 0 radical (unpaired) electrons. The fraction of sp³-hybridized carbons (Fsp3) is 0.278. The van der Waals surface area contributed by atoms with E-state index in [0.29, 0.717) is 30.2 Å². The molecule has 1 aromatic heterocycles. The second-order valence-corrected chi connectivity index (χ2v) is 5.54. The molecule has 0 spiro atoms. The molecule has 0 saturated carbocycles. The van der Waals surface area contributed by atoms with Crippen LogP contribution in [0.25, 0.3) is 0 Å². The van der Waals surface area contributed by atoms with Crippen LogP contribution >= 0.6 is 0 Å². The minimum absolute atomic E-state index is 0.193. The van der Waals surface area contributed by atoms with Crippen molar-refractivity contribution in [1.82, 2.24) is 15.4 Å². The molecule has 1 aromatic carbocycles. The summed E-state index contributed by atoms with van der Waals surface area (Å²) in [5, 5.41) is 17.7. The van der Waals surface area contributed by atoms with Crippen molar-refractivity contribution in [2.45, 2.75) is 12.8 Å². The lowest BCUT2D eigenvalue weighted by Crippen LogP contribution is -2.32. The van der Waals surface area contributed by atoms with E-state index in [1.165, 1.54) is 13.4 Å². The third-order valence-electron chi connectivity index (χ3n) is 3.80. The Kier molecular flexibility index (Phi) is 7.37. The number of nitrogens with one attached hydrogen (secondary N) is 2. The molecule has 144 valence electrons. The lowest BCUT2D eigenvalue weighted by molar-refractivity contribution is 0.0959. The maximum atomic E-state index is 12.4. The number of hydrazine groups is 1. The number of ether oxygens (including phenoxy) is 1. The quantitative estimate of drug-likeness (QED) is 0.548. The Balaban J connectivity index is 2.16. The zero-order valence-electron chi connectivity index (χ0n) is 15.3. The number of rotatable bonds is 9. The highest BCUT2D eigenvalue weighted by Gasteiger charge is 2.16. The molecular formula is C18H20N8O2. The van der Waals surface area contributed by atoms with E-state index in [9.17, 15) is 4.79 Å². The van der Waals surface area contributed by atoms with Gasteiger partial charge in [-0.15, -0.1) is 0 Å². The first-order chi connectivity index (χ1) is 13.6. The molecule has 10 nitrogen and oxygen atoms in total. The predicted molar refractivity (Wildman–Crippen MR) is 103 cm³/mol. The van der Waals surface area contributed by atoms with E-state index in [-0.39, 0.29) is 24.3 Å². The predicted octanol–water partition coefficient (Wildman–Crippen LogP) is 1.46. The number of nitrogen functional groups attached to an aromatic ring is 1. The summed E-state index contributed by atoms with van der Waals surface area (Å²) < 4.78 is 5.17. The van der Waals surface area contributed by atoms with Crippen molar-refractivity contribution in [3.8, 4) is 17.9 Å². The number of nitrogens with zero attached hydrogens (tertiary/aromatic N) is 5. The third kappa shape index (κ3) is 4.99. The van der Waals surface area contributed by atoms with E-state index in [0.717, 1.165) is 0 Å². The number of carbonyl (C=O) groups is 1. The van der Waals surface area contributed by atoms with Crippen LogP contribution in [-0.4, -0.2) is 36.1 Å². The average Bonchev–Trinajstić information content (AvgIpc) is 2.73. The molecule has 0 fully saturated rings. The summed E-state index contributed by atoms with van der Waals surface area (Å²) in [5.74, 6) is 0.585. The maximum Gasteiger partial charge on any atom is 0.273 e. The first-order valence-corrected chi connectivity index (χ1v) is 8.41. The van der Waals surface area contributed by atoms with Crippen molar-refractivity contribution in [1.29, 1.82) is 10.5 Å². The van der Waals surface area contributed by atoms with Crippen LogP contribution < -0.4 is 26.2 Å². The summed E-state index contributed by atoms with van der Waals surface area (Å²) in [4.78, 5) is 22.3. The largest absolute Gasteiger partial charge is 0.496 e. The first kappa shape index (κ1) is 20.3. The normalized spacial score (nSPS) is 9.68. The molecule has 0 saturated heterocycles. The summed E-state index contributed by atoms with van der Waals surface area (Å²) in [7, 11) is 1.48. The maximum absolute atomic E-state index is 12.4. The van der Waals surface area contributed by atoms with Crippen LogP contribution in [0.4, 0.5) is 17.3 Å². The van der Waals surface area contributed by atoms with Gasteiger partial charge in [-0.25, -0.2) is 9.97 Å². The second-order valence-electron chi connectivity index (χ2n) is 5.54. The summed E-state index contributed by atoms with van der Waals surface area (Å²) in [6.45, 7) is 0.735. The number of nitriles is 2. The average molecular weight is 380 g/mol. The molecule has 2 aromatic rings. The Morgan fingerprint density at radius 3 is 2.54 bits per heavy atom. The Labute approximate surface area is 162 Å². The van der Waals surface area contributed by atoms with Crippen LogP contribution in [0.3, 0.4) is 0 Å². The zero-order chi connectivity index (χ0) is 20.4. The van der Waals surface area contributed by atoms with Gasteiger partial charge in [-0.05, 0) is 12.1 Å². The lowest BCUT2D eigenvalue weighted by Gasteiger charge is -2.23. The van der Waals surface area contributed by atoms with E-state index in [4.69, 9.17) is 21.0 Å². The molecule has 2 rings (SSSR count). The fourth-order valence-corrected chi connectivity index (χ4v) is 2.45. The van der Waals surface area contributed by atoms with Crippen LogP contribution in [0.2, 0.25) is 0 Å². The van der Waals surface area contributed by atoms with Crippen LogP contribution in [0.5, 0.6) is 5.75 Å². The van der Waals surface area contributed by atoms with E-state index in [1.807, 2.05) is 0 Å². The lowest BCUT2D eigenvalue weighted by atomic mass is 10.2. The number of para-hydroxylation sites is 1. The van der Waals surface area contributed by atoms with Crippen LogP contribution in [0.1, 0.15) is 23.2 Å². The Bertz CT molecular complexity index is 885. The molecule has 0 unspecified atom stereocenters. The summed E-state index contributed by atoms with van der Waals surface area (Å²) >= 11 is 0. The van der Waals surface area contributed by atoms with Crippen molar-refractivity contribution in [2.75, 3.05) is 36.3 Å². The smallest absolute Gasteiger partial charge is 0.273 e. The van der Waals surface area contributed by atoms with Crippen LogP contribution in [0.15, 0.2) is 30.6 Å². The van der Waals surface area contributed by atoms with Gasteiger partial charge in [-0.2, -0.15) is 10.5 Å². The van der Waals surface area contributed by atoms with Crippen LogP contribution in [0, 0.1) is 22.7 Å². The molecule has 0 bridgehead atoms. The third-order valence-corrected chi connectivity index (χ3v) is 3.80. The monoisotopic (exact) mass is 380 g/mol. The number of nitrogens with two attached hydrogens (primary N) is 1. The van der Waals surface area contributed by atoms with Crippen molar-refractivity contribution < 1.29 is 9.53 Å². The molecular weight excluding hydrogens is 360 g/mol. The highest BCUT2D eigenvalue weighted by molar-refractivity contribution is 5.97. The minimum atomic E-state index is -0.428. The van der Waals surface area contributed by atoms with Gasteiger partial charge >= 0.3 is 0 Å². The Morgan fingerprint density at radius 2 is 1.89 bits per heavy atom. The molecule has 0 aliphatic carbocycles. The van der Waals surface area contributed by atoms with E-state index >= 15 is 0 Å². The number of hydrogen-bond acceptors (Lipinski definition) is 9. The van der Waals surface area contributed by atoms with Gasteiger partial charge in [0.2, 0.25) is 0 Å². The van der Waals surface area contributed by atoms with E-state index in [2.05, 4.69) is 33.0 Å². The standard InChI is InChI=1S/C18H20N8O2/c1-28-14-7-3-2-6-13(14)18(27)25-24-16-15(21)17(23-12-22-16)26(10-4-8-19)11-5-9-20/h2-3,6-7,12H,4-5,10-11,21H2,1H3,(H,25,27)(H,22,23,24). The zero-order valence-corrected chi connectivity index (χ0v) is 15.3. The summed E-state index contributed by atoms with van der Waals surface area (Å²) in [6, 6.07) is 10.9. The minimum Gasteiger partial charge on any atom is -0.496 e. The molecule has 28 heavy (non-hydrogen) atoms. The molecule has 0 aliphatic rings. The molecule has 4 N–H and O–H groups in total. The topological polar surface area (TPSA) is 153 Å². The van der Waals surface area contributed by atoms with Crippen molar-refractivity contribution >= 4 is 23.2 Å². The highest BCUT2D eigenvalue weighted by atomic mass is 16.5. The molecule has 1 heterocycles. The summed E-state index contributed by atoms with van der Waals surface area (Å²) in [5.41, 5.74) is 11.9. The van der Waals surface area contributed by atoms with Crippen molar-refractivity contribution in [2.24, 2.45) is 0 Å². The summed E-state index contributed by atoms with van der Waals surface area (Å²) in [6.07, 6.45) is 1.79. The van der Waals surface area contributed by atoms with Gasteiger partial charge < -0.3 is 15.4 Å². The van der Waals surface area contributed by atoms with Crippen molar-refractivity contribution in [3.63, 3.8) is 0 Å². The number of amides is 1. The van der Waals surface area contributed by atoms with Gasteiger partial charge in [-0.1, -0.05) is 12.1 Å².